The van der Waals surface area contributed by atoms with Gasteiger partial charge in [-0.2, -0.15) is 0 Å². The second-order valence-corrected chi connectivity index (χ2v) is 5.56. The van der Waals surface area contributed by atoms with Gasteiger partial charge in [0.15, 0.2) is 0 Å². The summed E-state index contributed by atoms with van der Waals surface area (Å²) in [5.41, 5.74) is 3.45. The third-order valence-corrected chi connectivity index (χ3v) is 3.87. The number of nitrogens with one attached hydrogen (secondary N) is 1. The van der Waals surface area contributed by atoms with Crippen molar-refractivity contribution >= 4 is 11.6 Å². The van der Waals surface area contributed by atoms with Crippen LogP contribution in [0, 0.1) is 19.8 Å². The smallest absolute Gasteiger partial charge is 0.255 e. The first-order chi connectivity index (χ1) is 9.06. The summed E-state index contributed by atoms with van der Waals surface area (Å²) in [5.74, 6) is 0.647. The first-order valence-electron chi connectivity index (χ1n) is 6.82. The van der Waals surface area contributed by atoms with Crippen LogP contribution in [0.3, 0.4) is 0 Å². The number of hydrogen-bond donors (Lipinski definition) is 1. The Morgan fingerprint density at radius 1 is 1.47 bits per heavy atom. The van der Waals surface area contributed by atoms with Gasteiger partial charge in [-0.15, -0.1) is 0 Å². The van der Waals surface area contributed by atoms with E-state index in [2.05, 4.69) is 17.2 Å². The Balaban J connectivity index is 1.93. The molecular weight excluding hydrogens is 238 g/mol. The van der Waals surface area contributed by atoms with Gasteiger partial charge in [-0.3, -0.25) is 4.79 Å². The largest absolute Gasteiger partial charge is 0.349 e. The van der Waals surface area contributed by atoms with Gasteiger partial charge in [0, 0.05) is 23.6 Å². The monoisotopic (exact) mass is 257 g/mol. The molecule has 1 aliphatic rings. The second kappa shape index (κ2) is 4.37. The molecule has 0 unspecified atom stereocenters. The van der Waals surface area contributed by atoms with Crippen molar-refractivity contribution in [3.63, 3.8) is 0 Å². The minimum Gasteiger partial charge on any atom is -0.349 e. The molecule has 1 atom stereocenters. The van der Waals surface area contributed by atoms with Crippen LogP contribution in [0.4, 0.5) is 0 Å². The van der Waals surface area contributed by atoms with Crippen molar-refractivity contribution < 1.29 is 4.79 Å². The predicted molar refractivity (Wildman–Crippen MR) is 74.3 cm³/mol. The number of aryl methyl sites for hydroxylation is 2. The lowest BCUT2D eigenvalue weighted by atomic mass is 10.2. The van der Waals surface area contributed by atoms with Crippen molar-refractivity contribution in [3.05, 3.63) is 35.3 Å². The Bertz CT molecular complexity index is 640. The molecule has 100 valence electrons. The van der Waals surface area contributed by atoms with E-state index in [0.717, 1.165) is 17.0 Å². The summed E-state index contributed by atoms with van der Waals surface area (Å²) in [6.07, 6.45) is 4.37. The first kappa shape index (κ1) is 12.2. The highest BCUT2D eigenvalue weighted by Crippen LogP contribution is 2.32. The van der Waals surface area contributed by atoms with Crippen molar-refractivity contribution in [3.8, 4) is 0 Å². The molecule has 0 bridgehead atoms. The van der Waals surface area contributed by atoms with Gasteiger partial charge in [-0.05, 0) is 51.7 Å². The van der Waals surface area contributed by atoms with Gasteiger partial charge in [0.25, 0.3) is 5.91 Å². The Hall–Kier alpha value is -1.84. The van der Waals surface area contributed by atoms with Gasteiger partial charge in [-0.25, -0.2) is 4.98 Å². The molecule has 4 nitrogen and oxygen atoms in total. The molecule has 3 rings (SSSR count). The van der Waals surface area contributed by atoms with Crippen molar-refractivity contribution in [1.82, 2.24) is 14.7 Å². The summed E-state index contributed by atoms with van der Waals surface area (Å²) < 4.78 is 1.96. The molecule has 1 saturated carbocycles. The summed E-state index contributed by atoms with van der Waals surface area (Å²) in [6, 6.07) is 4.12. The molecule has 0 spiro atoms. The number of carbonyl (C=O) groups is 1. The number of amides is 1. The van der Waals surface area contributed by atoms with Crippen molar-refractivity contribution in [2.75, 3.05) is 0 Å². The number of fused-ring (bicyclic) bond motifs is 1. The first-order valence-corrected chi connectivity index (χ1v) is 6.82. The molecule has 0 aromatic carbocycles. The van der Waals surface area contributed by atoms with E-state index >= 15 is 0 Å². The minimum atomic E-state index is -0.0144. The number of rotatable bonds is 3. The van der Waals surface area contributed by atoms with Crippen LogP contribution in [0.2, 0.25) is 0 Å². The maximum Gasteiger partial charge on any atom is 0.255 e. The molecule has 0 aliphatic heterocycles. The summed E-state index contributed by atoms with van der Waals surface area (Å²) in [5, 5.41) is 3.08. The Morgan fingerprint density at radius 2 is 2.21 bits per heavy atom. The zero-order chi connectivity index (χ0) is 13.6. The van der Waals surface area contributed by atoms with Crippen LogP contribution in [0.1, 0.15) is 41.5 Å². The number of carbonyl (C=O) groups excluding carboxylic acids is 1. The van der Waals surface area contributed by atoms with Crippen molar-refractivity contribution in [2.24, 2.45) is 5.92 Å². The van der Waals surface area contributed by atoms with Crippen LogP contribution in [0.25, 0.3) is 5.65 Å². The zero-order valence-electron chi connectivity index (χ0n) is 11.6. The van der Waals surface area contributed by atoms with Crippen LogP contribution in [-0.4, -0.2) is 21.3 Å². The van der Waals surface area contributed by atoms with E-state index in [1.54, 1.807) is 0 Å². The van der Waals surface area contributed by atoms with E-state index < -0.39 is 0 Å². The lowest BCUT2D eigenvalue weighted by molar-refractivity contribution is 0.0937. The lowest BCUT2D eigenvalue weighted by Gasteiger charge is -2.12. The topological polar surface area (TPSA) is 46.4 Å². The summed E-state index contributed by atoms with van der Waals surface area (Å²) in [6.45, 7) is 6.06. The number of hydrogen-bond acceptors (Lipinski definition) is 2. The molecule has 2 heterocycles. The third kappa shape index (κ3) is 2.23. The van der Waals surface area contributed by atoms with Gasteiger partial charge in [-0.1, -0.05) is 0 Å². The predicted octanol–water partition coefficient (Wildman–Crippen LogP) is 2.48. The molecule has 1 N–H and O–H groups in total. The fraction of sp³-hybridized carbons (Fsp3) is 0.467. The molecule has 1 aliphatic carbocycles. The minimum absolute atomic E-state index is 0.0144. The maximum absolute atomic E-state index is 12.3. The highest BCUT2D eigenvalue weighted by atomic mass is 16.1. The third-order valence-electron chi connectivity index (χ3n) is 3.87. The molecule has 1 fully saturated rings. The van der Waals surface area contributed by atoms with Crippen LogP contribution in [-0.2, 0) is 0 Å². The average Bonchev–Trinajstić information content (AvgIpc) is 3.09. The Kier molecular flexibility index (Phi) is 2.81. The Morgan fingerprint density at radius 3 is 2.89 bits per heavy atom. The molecule has 0 radical (unpaired) electrons. The van der Waals surface area contributed by atoms with Crippen molar-refractivity contribution in [1.29, 1.82) is 0 Å². The normalized spacial score (nSPS) is 16.6. The zero-order valence-corrected chi connectivity index (χ0v) is 11.6. The molecule has 4 heteroatoms. The van der Waals surface area contributed by atoms with Crippen molar-refractivity contribution in [2.45, 2.75) is 39.7 Å². The highest BCUT2D eigenvalue weighted by molar-refractivity contribution is 6.00. The molecule has 2 aromatic heterocycles. The van der Waals surface area contributed by atoms with E-state index in [1.165, 1.54) is 12.8 Å². The summed E-state index contributed by atoms with van der Waals surface area (Å²) in [7, 11) is 0. The van der Waals surface area contributed by atoms with Crippen LogP contribution < -0.4 is 5.32 Å². The van der Waals surface area contributed by atoms with Gasteiger partial charge in [0.1, 0.15) is 5.65 Å². The van der Waals surface area contributed by atoms with E-state index in [-0.39, 0.29) is 11.9 Å². The Labute approximate surface area is 112 Å². The van der Waals surface area contributed by atoms with E-state index in [4.69, 9.17) is 0 Å². The van der Waals surface area contributed by atoms with Gasteiger partial charge in [0.05, 0.1) is 5.56 Å². The van der Waals surface area contributed by atoms with Crippen LogP contribution in [0.15, 0.2) is 18.3 Å². The van der Waals surface area contributed by atoms with Crippen LogP contribution in [0.5, 0.6) is 0 Å². The van der Waals surface area contributed by atoms with E-state index in [9.17, 15) is 4.79 Å². The SMILES string of the molecule is Cc1cc(C)n2ccc(C(=O)N[C@H](C)C3CC3)c2n1. The van der Waals surface area contributed by atoms with Gasteiger partial charge >= 0.3 is 0 Å². The molecule has 0 saturated heterocycles. The van der Waals surface area contributed by atoms with Crippen LogP contribution >= 0.6 is 0 Å². The maximum atomic E-state index is 12.3. The van der Waals surface area contributed by atoms with Gasteiger partial charge in [0.2, 0.25) is 0 Å². The molecule has 1 amide bonds. The summed E-state index contributed by atoms with van der Waals surface area (Å²) in [4.78, 5) is 16.8. The molecule has 19 heavy (non-hydrogen) atoms. The summed E-state index contributed by atoms with van der Waals surface area (Å²) >= 11 is 0. The fourth-order valence-corrected chi connectivity index (χ4v) is 2.57. The standard InChI is InChI=1S/C15H19N3O/c1-9-8-10(2)18-7-6-13(14(18)16-9)15(19)17-11(3)12-4-5-12/h6-8,11-12H,4-5H2,1-3H3,(H,17,19)/t11-/m1/s1. The fourth-order valence-electron chi connectivity index (χ4n) is 2.57. The second-order valence-electron chi connectivity index (χ2n) is 5.56. The van der Waals surface area contributed by atoms with E-state index in [0.29, 0.717) is 11.5 Å². The number of nitrogens with zero attached hydrogens (tertiary/aromatic N) is 2. The number of aromatic nitrogens is 2. The van der Waals surface area contributed by atoms with Gasteiger partial charge < -0.3 is 9.72 Å². The molecule has 2 aromatic rings. The quantitative estimate of drug-likeness (QED) is 0.918. The highest BCUT2D eigenvalue weighted by Gasteiger charge is 2.29. The molecular formula is C15H19N3O. The lowest BCUT2D eigenvalue weighted by Crippen LogP contribution is -2.34. The van der Waals surface area contributed by atoms with E-state index in [1.807, 2.05) is 36.6 Å². The average molecular weight is 257 g/mol.